The van der Waals surface area contributed by atoms with E-state index in [1.807, 2.05) is 59.5 Å². The molecule has 0 aromatic heterocycles. The molecule has 0 spiro atoms. The van der Waals surface area contributed by atoms with Crippen molar-refractivity contribution < 1.29 is 9.53 Å². The van der Waals surface area contributed by atoms with E-state index in [1.54, 1.807) is 7.11 Å². The largest absolute Gasteiger partial charge is 0.495 e. The molecule has 1 saturated heterocycles. The van der Waals surface area contributed by atoms with Gasteiger partial charge in [0.1, 0.15) is 11.8 Å². The standard InChI is InChI=1S/C20H24N2O2/c1-24-18-13-7-6-12-17(18)21-19(16-10-4-2-5-11-16)20(23)22-14-8-3-9-15-22/h2,4-7,10-13,19,21H,3,8-9,14-15H2,1H3/t19-/m0/s1. The average Bonchev–Trinajstić information content (AvgIpc) is 2.67. The van der Waals surface area contributed by atoms with E-state index in [1.165, 1.54) is 6.42 Å². The van der Waals surface area contributed by atoms with Crippen molar-refractivity contribution in [1.29, 1.82) is 0 Å². The SMILES string of the molecule is COc1ccccc1N[C@H](C(=O)N1CCCCC1)c1ccccc1. The molecule has 0 bridgehead atoms. The average molecular weight is 324 g/mol. The Morgan fingerprint density at radius 2 is 1.67 bits per heavy atom. The summed E-state index contributed by atoms with van der Waals surface area (Å²) >= 11 is 0. The molecule has 1 aliphatic rings. The first kappa shape index (κ1) is 16.4. The number of methoxy groups -OCH3 is 1. The number of amides is 1. The van der Waals surface area contributed by atoms with E-state index in [0.717, 1.165) is 42.9 Å². The van der Waals surface area contributed by atoms with Crippen molar-refractivity contribution in [2.45, 2.75) is 25.3 Å². The van der Waals surface area contributed by atoms with Crippen molar-refractivity contribution in [2.24, 2.45) is 0 Å². The first-order valence-electron chi connectivity index (χ1n) is 8.53. The van der Waals surface area contributed by atoms with E-state index in [9.17, 15) is 4.79 Å². The third kappa shape index (κ3) is 3.70. The summed E-state index contributed by atoms with van der Waals surface area (Å²) in [6, 6.07) is 17.2. The third-order valence-corrected chi connectivity index (χ3v) is 4.45. The van der Waals surface area contributed by atoms with Gasteiger partial charge in [0.05, 0.1) is 12.8 Å². The van der Waals surface area contributed by atoms with Crippen molar-refractivity contribution in [2.75, 3.05) is 25.5 Å². The Kier molecular flexibility index (Phi) is 5.36. The predicted molar refractivity (Wildman–Crippen MR) is 96.2 cm³/mol. The van der Waals surface area contributed by atoms with Crippen LogP contribution in [0.1, 0.15) is 30.9 Å². The Labute approximate surface area is 143 Å². The van der Waals surface area contributed by atoms with Crippen molar-refractivity contribution in [3.8, 4) is 5.75 Å². The van der Waals surface area contributed by atoms with Crippen molar-refractivity contribution in [3.63, 3.8) is 0 Å². The van der Waals surface area contributed by atoms with Crippen LogP contribution in [-0.2, 0) is 4.79 Å². The number of rotatable bonds is 5. The highest BCUT2D eigenvalue weighted by Crippen LogP contribution is 2.29. The van der Waals surface area contributed by atoms with Gasteiger partial charge in [-0.25, -0.2) is 0 Å². The fourth-order valence-electron chi connectivity index (χ4n) is 3.15. The van der Waals surface area contributed by atoms with Crippen LogP contribution in [0.15, 0.2) is 54.6 Å². The lowest BCUT2D eigenvalue weighted by atomic mass is 10.0. The normalized spacial score (nSPS) is 15.6. The molecule has 0 aliphatic carbocycles. The number of hydrogen-bond donors (Lipinski definition) is 1. The monoisotopic (exact) mass is 324 g/mol. The molecule has 2 aromatic rings. The minimum atomic E-state index is -0.402. The number of ether oxygens (including phenoxy) is 1. The van der Waals surface area contributed by atoms with Gasteiger partial charge in [0.15, 0.2) is 0 Å². The maximum Gasteiger partial charge on any atom is 0.249 e. The zero-order valence-corrected chi connectivity index (χ0v) is 14.1. The summed E-state index contributed by atoms with van der Waals surface area (Å²) in [4.78, 5) is 15.1. The Morgan fingerprint density at radius 1 is 1.00 bits per heavy atom. The molecule has 3 rings (SSSR count). The summed E-state index contributed by atoms with van der Waals surface area (Å²) in [5, 5.41) is 3.40. The van der Waals surface area contributed by atoms with Crippen LogP contribution in [0.3, 0.4) is 0 Å². The summed E-state index contributed by atoms with van der Waals surface area (Å²) in [5.41, 5.74) is 1.80. The molecular weight excluding hydrogens is 300 g/mol. The molecule has 2 aromatic carbocycles. The number of para-hydroxylation sites is 2. The van der Waals surface area contributed by atoms with Crippen molar-refractivity contribution in [1.82, 2.24) is 4.90 Å². The Morgan fingerprint density at radius 3 is 2.38 bits per heavy atom. The van der Waals surface area contributed by atoms with Gasteiger partial charge >= 0.3 is 0 Å². The van der Waals surface area contributed by atoms with Crippen LogP contribution in [0.25, 0.3) is 0 Å². The molecule has 1 aliphatic heterocycles. The number of benzene rings is 2. The summed E-state index contributed by atoms with van der Waals surface area (Å²) < 4.78 is 5.42. The number of hydrogen-bond acceptors (Lipinski definition) is 3. The van der Waals surface area contributed by atoms with Crippen LogP contribution in [0.2, 0.25) is 0 Å². The van der Waals surface area contributed by atoms with Crippen molar-refractivity contribution >= 4 is 11.6 Å². The zero-order valence-electron chi connectivity index (χ0n) is 14.1. The second-order valence-corrected chi connectivity index (χ2v) is 6.07. The van der Waals surface area contributed by atoms with Gasteiger partial charge in [0, 0.05) is 13.1 Å². The molecule has 4 heteroatoms. The lowest BCUT2D eigenvalue weighted by molar-refractivity contribution is -0.133. The van der Waals surface area contributed by atoms with Crippen LogP contribution in [0, 0.1) is 0 Å². The van der Waals surface area contributed by atoms with E-state index in [2.05, 4.69) is 5.32 Å². The second-order valence-electron chi connectivity index (χ2n) is 6.07. The minimum absolute atomic E-state index is 0.131. The highest BCUT2D eigenvalue weighted by atomic mass is 16.5. The number of piperidine rings is 1. The third-order valence-electron chi connectivity index (χ3n) is 4.45. The van der Waals surface area contributed by atoms with Gasteiger partial charge in [-0.3, -0.25) is 4.79 Å². The zero-order chi connectivity index (χ0) is 16.8. The fraction of sp³-hybridized carbons (Fsp3) is 0.350. The number of carbonyl (C=O) groups excluding carboxylic acids is 1. The molecular formula is C20H24N2O2. The van der Waals surface area contributed by atoms with Gasteiger partial charge in [-0.05, 0) is 37.0 Å². The maximum absolute atomic E-state index is 13.1. The molecule has 126 valence electrons. The minimum Gasteiger partial charge on any atom is -0.495 e. The lowest BCUT2D eigenvalue weighted by Crippen LogP contribution is -2.41. The predicted octanol–water partition coefficient (Wildman–Crippen LogP) is 3.86. The summed E-state index contributed by atoms with van der Waals surface area (Å²) in [6.07, 6.45) is 3.38. The van der Waals surface area contributed by atoms with Gasteiger partial charge in [-0.1, -0.05) is 42.5 Å². The number of likely N-dealkylation sites (tertiary alicyclic amines) is 1. The first-order valence-corrected chi connectivity index (χ1v) is 8.53. The maximum atomic E-state index is 13.1. The van der Waals surface area contributed by atoms with Crippen LogP contribution in [0.4, 0.5) is 5.69 Å². The molecule has 1 N–H and O–H groups in total. The lowest BCUT2D eigenvalue weighted by Gasteiger charge is -2.31. The molecule has 1 atom stereocenters. The quantitative estimate of drug-likeness (QED) is 0.908. The smallest absolute Gasteiger partial charge is 0.249 e. The molecule has 1 amide bonds. The molecule has 1 heterocycles. The Bertz CT molecular complexity index is 666. The van der Waals surface area contributed by atoms with E-state index in [0.29, 0.717) is 0 Å². The molecule has 0 saturated carbocycles. The van der Waals surface area contributed by atoms with Gasteiger partial charge in [0.2, 0.25) is 5.91 Å². The van der Waals surface area contributed by atoms with E-state index in [4.69, 9.17) is 4.74 Å². The molecule has 1 fully saturated rings. The molecule has 0 unspecified atom stereocenters. The first-order chi connectivity index (χ1) is 11.8. The van der Waals surface area contributed by atoms with Crippen LogP contribution in [-0.4, -0.2) is 31.0 Å². The van der Waals surface area contributed by atoms with E-state index in [-0.39, 0.29) is 5.91 Å². The second kappa shape index (κ2) is 7.86. The van der Waals surface area contributed by atoms with Crippen LogP contribution >= 0.6 is 0 Å². The van der Waals surface area contributed by atoms with Crippen molar-refractivity contribution in [3.05, 3.63) is 60.2 Å². The molecule has 0 radical (unpaired) electrons. The van der Waals surface area contributed by atoms with Crippen LogP contribution < -0.4 is 10.1 Å². The molecule has 24 heavy (non-hydrogen) atoms. The van der Waals surface area contributed by atoms with Gasteiger partial charge in [-0.15, -0.1) is 0 Å². The molecule has 4 nitrogen and oxygen atoms in total. The van der Waals surface area contributed by atoms with Gasteiger partial charge in [-0.2, -0.15) is 0 Å². The summed E-state index contributed by atoms with van der Waals surface area (Å²) in [5.74, 6) is 0.872. The Balaban J connectivity index is 1.89. The van der Waals surface area contributed by atoms with Crippen LogP contribution in [0.5, 0.6) is 5.75 Å². The Hall–Kier alpha value is -2.49. The summed E-state index contributed by atoms with van der Waals surface area (Å²) in [6.45, 7) is 1.69. The number of nitrogens with one attached hydrogen (secondary N) is 1. The van der Waals surface area contributed by atoms with E-state index < -0.39 is 6.04 Å². The number of nitrogens with zero attached hydrogens (tertiary/aromatic N) is 1. The number of carbonyl (C=O) groups is 1. The topological polar surface area (TPSA) is 41.6 Å². The number of anilines is 1. The highest BCUT2D eigenvalue weighted by Gasteiger charge is 2.27. The highest BCUT2D eigenvalue weighted by molar-refractivity contribution is 5.86. The summed E-state index contributed by atoms with van der Waals surface area (Å²) in [7, 11) is 1.64. The van der Waals surface area contributed by atoms with Gasteiger partial charge in [0.25, 0.3) is 0 Å². The van der Waals surface area contributed by atoms with E-state index >= 15 is 0 Å². The fourth-order valence-corrected chi connectivity index (χ4v) is 3.15. The van der Waals surface area contributed by atoms with Gasteiger partial charge < -0.3 is 15.0 Å².